The lowest BCUT2D eigenvalue weighted by atomic mass is 9.95. The summed E-state index contributed by atoms with van der Waals surface area (Å²) in [5.41, 5.74) is 3.68. The Bertz CT molecular complexity index is 1210. The van der Waals surface area contributed by atoms with E-state index in [9.17, 15) is 14.7 Å². The number of aryl methyl sites for hydroxylation is 2. The standard InChI is InChI=1S/C25H28N4O3/c1-16-9-11-18(12-10-16)22-20(24(31)25(32)29(22)15-7-13-27(3)4)23(30)21-17(2)26-19-8-5-6-14-28(19)21/h5-6,8-12,14,22,30H,7,13,15H2,1-4H3/b23-20+/t22-/m0/s1. The molecule has 1 N–H and O–H groups in total. The second-order valence-corrected chi connectivity index (χ2v) is 8.53. The van der Waals surface area contributed by atoms with E-state index in [-0.39, 0.29) is 11.3 Å². The van der Waals surface area contributed by atoms with Gasteiger partial charge in [-0.3, -0.25) is 14.0 Å². The molecule has 0 radical (unpaired) electrons. The summed E-state index contributed by atoms with van der Waals surface area (Å²) in [6.45, 7) is 4.98. The molecule has 0 saturated carbocycles. The van der Waals surface area contributed by atoms with Crippen LogP contribution in [0.1, 0.15) is 35.0 Å². The number of Topliss-reactive ketones (excluding diaryl/α,β-unsaturated/α-hetero) is 1. The van der Waals surface area contributed by atoms with E-state index in [0.29, 0.717) is 23.6 Å². The molecule has 1 atom stereocenters. The topological polar surface area (TPSA) is 78.1 Å². The molecular weight excluding hydrogens is 404 g/mol. The lowest BCUT2D eigenvalue weighted by molar-refractivity contribution is -0.139. The summed E-state index contributed by atoms with van der Waals surface area (Å²) in [7, 11) is 3.94. The number of ketones is 1. The van der Waals surface area contributed by atoms with E-state index in [4.69, 9.17) is 0 Å². The average Bonchev–Trinajstić information content (AvgIpc) is 3.22. The molecule has 2 aromatic heterocycles. The van der Waals surface area contributed by atoms with Gasteiger partial charge in [-0.1, -0.05) is 35.9 Å². The van der Waals surface area contributed by atoms with Crippen molar-refractivity contribution in [3.8, 4) is 0 Å². The summed E-state index contributed by atoms with van der Waals surface area (Å²) in [5.74, 6) is -1.44. The number of amides is 1. The van der Waals surface area contributed by atoms with Crippen molar-refractivity contribution in [2.24, 2.45) is 0 Å². The number of hydrogen-bond acceptors (Lipinski definition) is 5. The maximum absolute atomic E-state index is 13.2. The monoisotopic (exact) mass is 432 g/mol. The average molecular weight is 433 g/mol. The van der Waals surface area contributed by atoms with Crippen LogP contribution in [0.15, 0.2) is 54.2 Å². The molecular formula is C25H28N4O3. The first-order valence-corrected chi connectivity index (χ1v) is 10.7. The van der Waals surface area contributed by atoms with Crippen molar-refractivity contribution in [2.45, 2.75) is 26.3 Å². The third-order valence-electron chi connectivity index (χ3n) is 5.87. The first-order chi connectivity index (χ1) is 15.3. The van der Waals surface area contributed by atoms with Gasteiger partial charge in [-0.2, -0.15) is 0 Å². The van der Waals surface area contributed by atoms with Crippen LogP contribution in [0, 0.1) is 13.8 Å². The number of nitrogens with zero attached hydrogens (tertiary/aromatic N) is 4. The van der Waals surface area contributed by atoms with Crippen LogP contribution < -0.4 is 0 Å². The van der Waals surface area contributed by atoms with Crippen LogP contribution in [-0.2, 0) is 9.59 Å². The quantitative estimate of drug-likeness (QED) is 0.367. The van der Waals surface area contributed by atoms with Gasteiger partial charge in [0.1, 0.15) is 11.3 Å². The molecule has 1 amide bonds. The van der Waals surface area contributed by atoms with Gasteiger partial charge in [0.15, 0.2) is 5.76 Å². The fourth-order valence-corrected chi connectivity index (χ4v) is 4.29. The third kappa shape index (κ3) is 3.80. The molecule has 1 aliphatic heterocycles. The van der Waals surface area contributed by atoms with Crippen molar-refractivity contribution < 1.29 is 14.7 Å². The minimum atomic E-state index is -0.664. The van der Waals surface area contributed by atoms with Crippen molar-refractivity contribution in [3.63, 3.8) is 0 Å². The highest BCUT2D eigenvalue weighted by Crippen LogP contribution is 2.40. The van der Waals surface area contributed by atoms with Crippen molar-refractivity contribution in [3.05, 3.63) is 76.7 Å². The van der Waals surface area contributed by atoms with E-state index >= 15 is 0 Å². The Morgan fingerprint density at radius 3 is 2.50 bits per heavy atom. The fourth-order valence-electron chi connectivity index (χ4n) is 4.29. The largest absolute Gasteiger partial charge is 0.505 e. The summed E-state index contributed by atoms with van der Waals surface area (Å²) in [6.07, 6.45) is 2.51. The molecule has 7 heteroatoms. The number of aliphatic hydroxyl groups excluding tert-OH is 1. The minimum Gasteiger partial charge on any atom is -0.505 e. The molecule has 0 bridgehead atoms. The SMILES string of the molecule is Cc1ccc([C@H]2/C(=C(\O)c3c(C)nc4ccccn34)C(=O)C(=O)N2CCCN(C)C)cc1. The van der Waals surface area contributed by atoms with Crippen LogP contribution in [0.2, 0.25) is 0 Å². The fraction of sp³-hybridized carbons (Fsp3) is 0.320. The lowest BCUT2D eigenvalue weighted by Gasteiger charge is -2.26. The van der Waals surface area contributed by atoms with Crippen molar-refractivity contribution in [2.75, 3.05) is 27.2 Å². The molecule has 3 aromatic rings. The maximum atomic E-state index is 13.2. The summed E-state index contributed by atoms with van der Waals surface area (Å²) in [6, 6.07) is 12.6. The zero-order valence-corrected chi connectivity index (χ0v) is 18.9. The van der Waals surface area contributed by atoms with E-state index in [1.807, 2.05) is 68.4 Å². The third-order valence-corrected chi connectivity index (χ3v) is 5.87. The summed E-state index contributed by atoms with van der Waals surface area (Å²) in [4.78, 5) is 34.4. The molecule has 0 unspecified atom stereocenters. The number of fused-ring (bicyclic) bond motifs is 1. The zero-order valence-electron chi connectivity index (χ0n) is 18.9. The molecule has 166 valence electrons. The number of likely N-dealkylation sites (tertiary alicyclic amines) is 1. The van der Waals surface area contributed by atoms with Crippen LogP contribution in [0.5, 0.6) is 0 Å². The number of hydrogen-bond donors (Lipinski definition) is 1. The molecule has 3 heterocycles. The first-order valence-electron chi connectivity index (χ1n) is 10.7. The summed E-state index contributed by atoms with van der Waals surface area (Å²) in [5, 5.41) is 11.4. The highest BCUT2D eigenvalue weighted by Gasteiger charge is 2.46. The van der Waals surface area contributed by atoms with Gasteiger partial charge in [0.05, 0.1) is 17.3 Å². The van der Waals surface area contributed by atoms with Gasteiger partial charge in [0.2, 0.25) is 0 Å². The molecule has 1 fully saturated rings. The molecule has 1 aliphatic rings. The maximum Gasteiger partial charge on any atom is 0.295 e. The Labute approximate surface area is 187 Å². The van der Waals surface area contributed by atoms with Crippen molar-refractivity contribution in [1.82, 2.24) is 19.2 Å². The second-order valence-electron chi connectivity index (χ2n) is 8.53. The van der Waals surface area contributed by atoms with Gasteiger partial charge < -0.3 is 14.9 Å². The molecule has 1 aromatic carbocycles. The molecule has 7 nitrogen and oxygen atoms in total. The number of benzene rings is 1. The van der Waals surface area contributed by atoms with Gasteiger partial charge in [0.25, 0.3) is 11.7 Å². The first kappa shape index (κ1) is 21.8. The minimum absolute atomic E-state index is 0.109. The number of pyridine rings is 1. The lowest BCUT2D eigenvalue weighted by Crippen LogP contribution is -2.32. The number of carbonyl (C=O) groups is 2. The number of aliphatic hydroxyl groups is 1. The van der Waals surface area contributed by atoms with E-state index < -0.39 is 17.7 Å². The van der Waals surface area contributed by atoms with Gasteiger partial charge in [-0.15, -0.1) is 0 Å². The van der Waals surface area contributed by atoms with Crippen LogP contribution >= 0.6 is 0 Å². The summed E-state index contributed by atoms with van der Waals surface area (Å²) >= 11 is 0. The predicted octanol–water partition coefficient (Wildman–Crippen LogP) is 3.32. The van der Waals surface area contributed by atoms with E-state index in [1.54, 1.807) is 22.4 Å². The van der Waals surface area contributed by atoms with Crippen LogP contribution in [0.3, 0.4) is 0 Å². The van der Waals surface area contributed by atoms with E-state index in [1.165, 1.54) is 0 Å². The molecule has 32 heavy (non-hydrogen) atoms. The Hall–Kier alpha value is -3.45. The van der Waals surface area contributed by atoms with E-state index in [2.05, 4.69) is 4.98 Å². The van der Waals surface area contributed by atoms with Gasteiger partial charge in [0, 0.05) is 12.7 Å². The Morgan fingerprint density at radius 1 is 1.09 bits per heavy atom. The molecule has 4 rings (SSSR count). The normalized spacial score (nSPS) is 18.3. The Kier molecular flexibility index (Phi) is 5.84. The van der Waals surface area contributed by atoms with Gasteiger partial charge in [-0.05, 0) is 58.6 Å². The number of carbonyl (C=O) groups excluding carboxylic acids is 2. The Morgan fingerprint density at radius 2 is 1.81 bits per heavy atom. The smallest absolute Gasteiger partial charge is 0.295 e. The van der Waals surface area contributed by atoms with Crippen LogP contribution in [0.4, 0.5) is 0 Å². The van der Waals surface area contributed by atoms with Gasteiger partial charge in [-0.25, -0.2) is 4.98 Å². The van der Waals surface area contributed by atoms with Crippen LogP contribution in [-0.4, -0.2) is 63.2 Å². The highest BCUT2D eigenvalue weighted by molar-refractivity contribution is 6.46. The molecule has 1 saturated heterocycles. The highest BCUT2D eigenvalue weighted by atomic mass is 16.3. The zero-order chi connectivity index (χ0) is 23.0. The predicted molar refractivity (Wildman–Crippen MR) is 123 cm³/mol. The van der Waals surface area contributed by atoms with E-state index in [0.717, 1.165) is 24.1 Å². The van der Waals surface area contributed by atoms with Crippen molar-refractivity contribution >= 4 is 23.1 Å². The number of imidazole rings is 1. The number of rotatable bonds is 6. The number of aromatic nitrogens is 2. The molecule has 0 spiro atoms. The van der Waals surface area contributed by atoms with Gasteiger partial charge >= 0.3 is 0 Å². The van der Waals surface area contributed by atoms with Crippen LogP contribution in [0.25, 0.3) is 11.4 Å². The summed E-state index contributed by atoms with van der Waals surface area (Å²) < 4.78 is 1.75. The second kappa shape index (κ2) is 8.59. The van der Waals surface area contributed by atoms with Crippen molar-refractivity contribution in [1.29, 1.82) is 0 Å². The molecule has 0 aliphatic carbocycles. The Balaban J connectivity index is 1.87.